The van der Waals surface area contributed by atoms with Gasteiger partial charge in [-0.1, -0.05) is 12.8 Å². The number of hydrogen-bond donors (Lipinski definition) is 1. The lowest BCUT2D eigenvalue weighted by Gasteiger charge is -2.20. The average Bonchev–Trinajstić information content (AvgIpc) is 2.82. The van der Waals surface area contributed by atoms with Crippen LogP contribution in [0.4, 0.5) is 5.82 Å². The minimum absolute atomic E-state index is 0.292. The summed E-state index contributed by atoms with van der Waals surface area (Å²) in [6, 6.07) is 4.97. The molecule has 0 aliphatic carbocycles. The van der Waals surface area contributed by atoms with E-state index in [2.05, 4.69) is 20.2 Å². The summed E-state index contributed by atoms with van der Waals surface area (Å²) in [7, 11) is -3.24. The van der Waals surface area contributed by atoms with E-state index in [0.29, 0.717) is 10.7 Å². The van der Waals surface area contributed by atoms with Crippen LogP contribution in [0.25, 0.3) is 10.9 Å². The smallest absolute Gasteiger partial charge is 0.175 e. The Morgan fingerprint density at radius 1 is 1.12 bits per heavy atom. The first-order valence-electron chi connectivity index (χ1n) is 8.45. The van der Waals surface area contributed by atoms with E-state index in [1.165, 1.54) is 38.3 Å². The second-order valence-corrected chi connectivity index (χ2v) is 8.37. The first kappa shape index (κ1) is 17.1. The average molecular weight is 348 g/mol. The molecule has 1 aliphatic heterocycles. The van der Waals surface area contributed by atoms with Crippen LogP contribution in [0.2, 0.25) is 0 Å². The van der Waals surface area contributed by atoms with Crippen LogP contribution in [0.1, 0.15) is 25.7 Å². The molecular weight excluding hydrogens is 324 g/mol. The fraction of sp³-hybridized carbons (Fsp3) is 0.529. The summed E-state index contributed by atoms with van der Waals surface area (Å²) < 4.78 is 23.5. The molecule has 1 N–H and O–H groups in total. The predicted octanol–water partition coefficient (Wildman–Crippen LogP) is 2.32. The Hall–Kier alpha value is -1.73. The Balaban J connectivity index is 1.73. The van der Waals surface area contributed by atoms with Crippen LogP contribution in [-0.2, 0) is 9.84 Å². The van der Waals surface area contributed by atoms with Gasteiger partial charge in [-0.05, 0) is 44.1 Å². The van der Waals surface area contributed by atoms with Crippen LogP contribution < -0.4 is 5.32 Å². The normalized spacial score (nSPS) is 16.9. The summed E-state index contributed by atoms with van der Waals surface area (Å²) in [5.74, 6) is 0.695. The molecule has 1 fully saturated rings. The molecule has 130 valence electrons. The second kappa shape index (κ2) is 7.44. The SMILES string of the molecule is CS(=O)(=O)c1ccc2ncnc(NCCN3CCCCCC3)c2c1. The zero-order chi connectivity index (χ0) is 17.0. The number of nitrogens with one attached hydrogen (secondary N) is 1. The van der Waals surface area contributed by atoms with Crippen LogP contribution >= 0.6 is 0 Å². The number of aromatic nitrogens is 2. The third kappa shape index (κ3) is 4.21. The zero-order valence-corrected chi connectivity index (χ0v) is 14.8. The number of benzene rings is 1. The fourth-order valence-corrected chi connectivity index (χ4v) is 3.75. The molecule has 1 aliphatic rings. The van der Waals surface area contributed by atoms with Gasteiger partial charge in [0.05, 0.1) is 10.4 Å². The van der Waals surface area contributed by atoms with Gasteiger partial charge in [-0.3, -0.25) is 0 Å². The van der Waals surface area contributed by atoms with Gasteiger partial charge in [0, 0.05) is 24.7 Å². The number of rotatable bonds is 5. The lowest BCUT2D eigenvalue weighted by atomic mass is 10.2. The molecule has 2 aromatic rings. The van der Waals surface area contributed by atoms with E-state index in [-0.39, 0.29) is 0 Å². The van der Waals surface area contributed by atoms with Crippen LogP contribution in [0.5, 0.6) is 0 Å². The van der Waals surface area contributed by atoms with Crippen molar-refractivity contribution in [1.82, 2.24) is 14.9 Å². The number of nitrogens with zero attached hydrogens (tertiary/aromatic N) is 3. The van der Waals surface area contributed by atoms with Crippen LogP contribution in [0.3, 0.4) is 0 Å². The molecule has 3 rings (SSSR count). The number of likely N-dealkylation sites (tertiary alicyclic amines) is 1. The van der Waals surface area contributed by atoms with Gasteiger partial charge < -0.3 is 10.2 Å². The van der Waals surface area contributed by atoms with Crippen molar-refractivity contribution in [3.8, 4) is 0 Å². The number of anilines is 1. The van der Waals surface area contributed by atoms with Crippen molar-refractivity contribution < 1.29 is 8.42 Å². The molecule has 6 nitrogen and oxygen atoms in total. The van der Waals surface area contributed by atoms with Gasteiger partial charge in [0.25, 0.3) is 0 Å². The van der Waals surface area contributed by atoms with E-state index in [1.807, 2.05) is 0 Å². The topological polar surface area (TPSA) is 75.2 Å². The van der Waals surface area contributed by atoms with Gasteiger partial charge in [0.2, 0.25) is 0 Å². The Labute approximate surface area is 143 Å². The van der Waals surface area contributed by atoms with Crippen molar-refractivity contribution in [3.63, 3.8) is 0 Å². The molecule has 24 heavy (non-hydrogen) atoms. The van der Waals surface area contributed by atoms with Gasteiger partial charge in [-0.15, -0.1) is 0 Å². The van der Waals surface area contributed by atoms with Crippen molar-refractivity contribution >= 4 is 26.6 Å². The summed E-state index contributed by atoms with van der Waals surface area (Å²) in [4.78, 5) is 11.3. The van der Waals surface area contributed by atoms with Crippen molar-refractivity contribution in [2.24, 2.45) is 0 Å². The van der Waals surface area contributed by atoms with E-state index in [4.69, 9.17) is 0 Å². The maximum absolute atomic E-state index is 11.8. The van der Waals surface area contributed by atoms with E-state index < -0.39 is 9.84 Å². The van der Waals surface area contributed by atoms with Crippen molar-refractivity contribution in [1.29, 1.82) is 0 Å². The summed E-state index contributed by atoms with van der Waals surface area (Å²) in [5.41, 5.74) is 0.745. The van der Waals surface area contributed by atoms with Gasteiger partial charge in [0.1, 0.15) is 12.1 Å². The predicted molar refractivity (Wildman–Crippen MR) is 96.0 cm³/mol. The second-order valence-electron chi connectivity index (χ2n) is 6.36. The molecule has 0 spiro atoms. The van der Waals surface area contributed by atoms with E-state index >= 15 is 0 Å². The van der Waals surface area contributed by atoms with Crippen molar-refractivity contribution in [3.05, 3.63) is 24.5 Å². The molecule has 0 bridgehead atoms. The lowest BCUT2D eigenvalue weighted by molar-refractivity contribution is 0.296. The molecule has 1 saturated heterocycles. The molecule has 1 aromatic heterocycles. The highest BCUT2D eigenvalue weighted by Crippen LogP contribution is 2.22. The number of sulfone groups is 1. The van der Waals surface area contributed by atoms with Gasteiger partial charge in [-0.25, -0.2) is 18.4 Å². The monoisotopic (exact) mass is 348 g/mol. The van der Waals surface area contributed by atoms with Crippen LogP contribution in [0.15, 0.2) is 29.4 Å². The molecule has 0 radical (unpaired) electrons. The third-order valence-corrected chi connectivity index (χ3v) is 5.56. The van der Waals surface area contributed by atoms with E-state index in [9.17, 15) is 8.42 Å². The Kier molecular flexibility index (Phi) is 5.30. The maximum atomic E-state index is 11.8. The van der Waals surface area contributed by atoms with Crippen LogP contribution in [-0.4, -0.2) is 55.7 Å². The molecule has 0 unspecified atom stereocenters. The van der Waals surface area contributed by atoms with Crippen LogP contribution in [0, 0.1) is 0 Å². The molecule has 1 aromatic carbocycles. The van der Waals surface area contributed by atoms with Gasteiger partial charge in [-0.2, -0.15) is 0 Å². The molecule has 0 atom stereocenters. The lowest BCUT2D eigenvalue weighted by Crippen LogP contribution is -2.30. The first-order chi connectivity index (χ1) is 11.5. The Morgan fingerprint density at radius 3 is 2.58 bits per heavy atom. The van der Waals surface area contributed by atoms with E-state index in [0.717, 1.165) is 37.1 Å². The van der Waals surface area contributed by atoms with Gasteiger partial charge >= 0.3 is 0 Å². The molecule has 0 saturated carbocycles. The Morgan fingerprint density at radius 2 is 1.88 bits per heavy atom. The molecular formula is C17H24N4O2S. The summed E-state index contributed by atoms with van der Waals surface area (Å²) >= 11 is 0. The quantitative estimate of drug-likeness (QED) is 0.894. The van der Waals surface area contributed by atoms with Crippen molar-refractivity contribution in [2.45, 2.75) is 30.6 Å². The molecule has 2 heterocycles. The Bertz CT molecular complexity index is 799. The van der Waals surface area contributed by atoms with Gasteiger partial charge in [0.15, 0.2) is 9.84 Å². The summed E-state index contributed by atoms with van der Waals surface area (Å²) in [6.07, 6.45) is 7.92. The molecule has 0 amide bonds. The fourth-order valence-electron chi connectivity index (χ4n) is 3.10. The van der Waals surface area contributed by atoms with E-state index in [1.54, 1.807) is 18.2 Å². The third-order valence-electron chi connectivity index (χ3n) is 4.45. The highest BCUT2D eigenvalue weighted by Gasteiger charge is 2.12. The number of fused-ring (bicyclic) bond motifs is 1. The maximum Gasteiger partial charge on any atom is 0.175 e. The highest BCUT2D eigenvalue weighted by molar-refractivity contribution is 7.90. The minimum atomic E-state index is -3.24. The number of hydrogen-bond acceptors (Lipinski definition) is 6. The summed E-state index contributed by atoms with van der Waals surface area (Å²) in [5, 5.41) is 4.09. The first-order valence-corrected chi connectivity index (χ1v) is 10.3. The minimum Gasteiger partial charge on any atom is -0.368 e. The summed E-state index contributed by atoms with van der Waals surface area (Å²) in [6.45, 7) is 4.07. The molecule has 7 heteroatoms. The zero-order valence-electron chi connectivity index (χ0n) is 14.0. The highest BCUT2D eigenvalue weighted by atomic mass is 32.2. The van der Waals surface area contributed by atoms with Crippen molar-refractivity contribution in [2.75, 3.05) is 37.8 Å². The largest absolute Gasteiger partial charge is 0.368 e. The standard InChI is InChI=1S/C17H24N4O2S/c1-24(22,23)14-6-7-16-15(12-14)17(20-13-19-16)18-8-11-21-9-4-2-3-5-10-21/h6-7,12-13H,2-5,8-11H2,1H3,(H,18,19,20).